The Morgan fingerprint density at radius 2 is 2.15 bits per heavy atom. The molecule has 2 aromatic rings. The van der Waals surface area contributed by atoms with Crippen LogP contribution in [0.3, 0.4) is 0 Å². The monoisotopic (exact) mass is 391 g/mol. The summed E-state index contributed by atoms with van der Waals surface area (Å²) in [7, 11) is -3.57. The molecular formula is C11H10BrN3O2S3. The minimum Gasteiger partial charge on any atom is -0.389 e. The molecule has 0 bridgehead atoms. The van der Waals surface area contributed by atoms with Crippen LogP contribution < -0.4 is 10.5 Å². The number of anilines is 1. The number of hydrogen-bond donors (Lipinski definition) is 2. The van der Waals surface area contributed by atoms with Crippen LogP contribution in [0.5, 0.6) is 0 Å². The largest absolute Gasteiger partial charge is 0.389 e. The molecule has 0 saturated heterocycles. The lowest BCUT2D eigenvalue weighted by atomic mass is 10.1. The van der Waals surface area contributed by atoms with Crippen molar-refractivity contribution >= 4 is 59.6 Å². The molecule has 0 fully saturated rings. The van der Waals surface area contributed by atoms with Crippen molar-refractivity contribution in [1.29, 1.82) is 0 Å². The minimum absolute atomic E-state index is 0.174. The van der Waals surface area contributed by atoms with Crippen molar-refractivity contribution in [2.45, 2.75) is 5.75 Å². The van der Waals surface area contributed by atoms with E-state index in [4.69, 9.17) is 18.0 Å². The Bertz CT molecular complexity index is 743. The van der Waals surface area contributed by atoms with Crippen LogP contribution in [0.4, 0.5) is 5.13 Å². The van der Waals surface area contributed by atoms with Crippen molar-refractivity contribution in [3.05, 3.63) is 45.4 Å². The number of halogens is 1. The molecule has 1 aromatic carbocycles. The number of nitrogens with zero attached hydrogens (tertiary/aromatic N) is 1. The molecular weight excluding hydrogens is 382 g/mol. The second-order valence-corrected chi connectivity index (χ2v) is 8.42. The SMILES string of the molecule is NC(=S)c1ccccc1CS(=O)(=O)Nc1ncc(Br)s1. The van der Waals surface area contributed by atoms with Gasteiger partial charge in [0.1, 0.15) is 4.99 Å². The third kappa shape index (κ3) is 3.98. The van der Waals surface area contributed by atoms with Gasteiger partial charge in [-0.25, -0.2) is 13.4 Å². The molecule has 0 aliphatic heterocycles. The summed E-state index contributed by atoms with van der Waals surface area (Å²) in [6, 6.07) is 6.89. The predicted octanol–water partition coefficient (Wildman–Crippen LogP) is 2.48. The summed E-state index contributed by atoms with van der Waals surface area (Å²) in [4.78, 5) is 4.10. The van der Waals surface area contributed by atoms with Crippen molar-refractivity contribution in [3.63, 3.8) is 0 Å². The lowest BCUT2D eigenvalue weighted by Crippen LogP contribution is -2.18. The van der Waals surface area contributed by atoms with E-state index < -0.39 is 10.0 Å². The molecule has 106 valence electrons. The van der Waals surface area contributed by atoms with Gasteiger partial charge in [-0.2, -0.15) is 0 Å². The van der Waals surface area contributed by atoms with Crippen LogP contribution >= 0.6 is 39.5 Å². The molecule has 20 heavy (non-hydrogen) atoms. The predicted molar refractivity (Wildman–Crippen MR) is 88.4 cm³/mol. The molecule has 5 nitrogen and oxygen atoms in total. The first-order valence-corrected chi connectivity index (χ1v) is 9.04. The summed E-state index contributed by atoms with van der Waals surface area (Å²) < 4.78 is 27.4. The average Bonchev–Trinajstić information content (AvgIpc) is 2.73. The minimum atomic E-state index is -3.57. The van der Waals surface area contributed by atoms with E-state index >= 15 is 0 Å². The van der Waals surface area contributed by atoms with Gasteiger partial charge in [-0.05, 0) is 21.5 Å². The Morgan fingerprint density at radius 3 is 2.75 bits per heavy atom. The van der Waals surface area contributed by atoms with Crippen LogP contribution in [-0.2, 0) is 15.8 Å². The number of thiocarbonyl (C=S) groups is 1. The lowest BCUT2D eigenvalue weighted by Gasteiger charge is -2.09. The molecule has 0 radical (unpaired) electrons. The number of nitrogens with one attached hydrogen (secondary N) is 1. The van der Waals surface area contributed by atoms with Crippen LogP contribution in [0.25, 0.3) is 0 Å². The molecule has 0 spiro atoms. The van der Waals surface area contributed by atoms with E-state index in [9.17, 15) is 8.42 Å². The molecule has 0 amide bonds. The van der Waals surface area contributed by atoms with Gasteiger partial charge in [-0.1, -0.05) is 47.8 Å². The highest BCUT2D eigenvalue weighted by Crippen LogP contribution is 2.24. The number of sulfonamides is 1. The molecule has 0 unspecified atom stereocenters. The summed E-state index contributed by atoms with van der Waals surface area (Å²) in [5.41, 5.74) is 6.71. The number of nitrogens with two attached hydrogens (primary N) is 1. The normalized spacial score (nSPS) is 11.2. The first-order valence-electron chi connectivity index (χ1n) is 5.37. The molecule has 3 N–H and O–H groups in total. The fourth-order valence-electron chi connectivity index (χ4n) is 1.56. The molecule has 2 rings (SSSR count). The Kier molecular flexibility index (Phi) is 4.74. The summed E-state index contributed by atoms with van der Waals surface area (Å²) in [6.07, 6.45) is 1.53. The van der Waals surface area contributed by atoms with E-state index in [2.05, 4.69) is 25.6 Å². The van der Waals surface area contributed by atoms with Gasteiger partial charge < -0.3 is 5.73 Å². The van der Waals surface area contributed by atoms with Crippen LogP contribution in [0, 0.1) is 0 Å². The zero-order valence-electron chi connectivity index (χ0n) is 10.0. The number of aromatic nitrogens is 1. The van der Waals surface area contributed by atoms with Gasteiger partial charge in [0.05, 0.1) is 15.7 Å². The highest BCUT2D eigenvalue weighted by atomic mass is 79.9. The van der Waals surface area contributed by atoms with Crippen LogP contribution in [-0.4, -0.2) is 18.4 Å². The maximum atomic E-state index is 12.1. The smallest absolute Gasteiger partial charge is 0.238 e. The number of benzene rings is 1. The molecule has 1 heterocycles. The van der Waals surface area contributed by atoms with Crippen molar-refractivity contribution < 1.29 is 8.42 Å². The summed E-state index contributed by atoms with van der Waals surface area (Å²) in [5.74, 6) is -0.211. The van der Waals surface area contributed by atoms with Crippen molar-refractivity contribution in [2.24, 2.45) is 5.73 Å². The molecule has 0 aliphatic rings. The van der Waals surface area contributed by atoms with Gasteiger partial charge in [0.25, 0.3) is 0 Å². The first-order chi connectivity index (χ1) is 9.37. The number of thiazole rings is 1. The average molecular weight is 392 g/mol. The Morgan fingerprint density at radius 1 is 1.45 bits per heavy atom. The van der Waals surface area contributed by atoms with Crippen LogP contribution in [0.2, 0.25) is 0 Å². The van der Waals surface area contributed by atoms with Gasteiger partial charge >= 0.3 is 0 Å². The zero-order valence-corrected chi connectivity index (χ0v) is 14.1. The standard InChI is InChI=1S/C11H10BrN3O2S3/c12-9-5-14-11(19-9)15-20(16,17)6-7-3-1-2-4-8(7)10(13)18/h1-5H,6H2,(H2,13,18)(H,14,15). The van der Waals surface area contributed by atoms with Crippen molar-refractivity contribution in [2.75, 3.05) is 4.72 Å². The maximum absolute atomic E-state index is 12.1. The Hall–Kier alpha value is -1.03. The highest BCUT2D eigenvalue weighted by Gasteiger charge is 2.16. The molecule has 0 saturated carbocycles. The third-order valence-corrected chi connectivity index (χ3v) is 5.28. The third-order valence-electron chi connectivity index (χ3n) is 2.35. The molecule has 1 aromatic heterocycles. The number of rotatable bonds is 5. The Balaban J connectivity index is 2.22. The Labute approximate surface area is 134 Å². The van der Waals surface area contributed by atoms with Crippen molar-refractivity contribution in [3.8, 4) is 0 Å². The highest BCUT2D eigenvalue weighted by molar-refractivity contribution is 9.11. The van der Waals surface area contributed by atoms with Crippen molar-refractivity contribution in [1.82, 2.24) is 4.98 Å². The van der Waals surface area contributed by atoms with Gasteiger partial charge in [0.2, 0.25) is 10.0 Å². The lowest BCUT2D eigenvalue weighted by molar-refractivity contribution is 0.600. The van der Waals surface area contributed by atoms with E-state index in [0.29, 0.717) is 16.3 Å². The van der Waals surface area contributed by atoms with Crippen LogP contribution in [0.15, 0.2) is 34.2 Å². The van der Waals surface area contributed by atoms with Crippen LogP contribution in [0.1, 0.15) is 11.1 Å². The molecule has 0 atom stereocenters. The second kappa shape index (κ2) is 6.17. The fraction of sp³-hybridized carbons (Fsp3) is 0.0909. The second-order valence-electron chi connectivity index (χ2n) is 3.85. The summed E-state index contributed by atoms with van der Waals surface area (Å²) in [6.45, 7) is 0. The van der Waals surface area contributed by atoms with Gasteiger partial charge in [0, 0.05) is 5.56 Å². The molecule has 0 aliphatic carbocycles. The van der Waals surface area contributed by atoms with Gasteiger partial charge in [-0.15, -0.1) is 0 Å². The quantitative estimate of drug-likeness (QED) is 0.764. The summed E-state index contributed by atoms with van der Waals surface area (Å²) >= 11 is 9.34. The zero-order chi connectivity index (χ0) is 14.8. The fourth-order valence-corrected chi connectivity index (χ4v) is 4.32. The van der Waals surface area contributed by atoms with Gasteiger partial charge in [-0.3, -0.25) is 4.72 Å². The van der Waals surface area contributed by atoms with E-state index in [1.54, 1.807) is 24.3 Å². The first kappa shape index (κ1) is 15.4. The topological polar surface area (TPSA) is 85.1 Å². The van der Waals surface area contributed by atoms with Gasteiger partial charge in [0.15, 0.2) is 5.13 Å². The van der Waals surface area contributed by atoms with E-state index in [0.717, 1.165) is 3.79 Å². The maximum Gasteiger partial charge on any atom is 0.238 e. The number of hydrogen-bond acceptors (Lipinski definition) is 5. The van der Waals surface area contributed by atoms with E-state index in [1.807, 2.05) is 0 Å². The van der Waals surface area contributed by atoms with E-state index in [-0.39, 0.29) is 10.7 Å². The molecule has 9 heteroatoms. The summed E-state index contributed by atoms with van der Waals surface area (Å²) in [5, 5.41) is 0.310. The van der Waals surface area contributed by atoms with E-state index in [1.165, 1.54) is 17.5 Å².